The molecular weight excluding hydrogens is 170 g/mol. The van der Waals surface area contributed by atoms with Gasteiger partial charge in [-0.15, -0.1) is 0 Å². The highest BCUT2D eigenvalue weighted by Gasteiger charge is 2.27. The molecule has 1 rings (SSSR count). The molecule has 13 heavy (non-hydrogen) atoms. The molecule has 0 aromatic carbocycles. The molecular formula is C9H17NO3. The number of hydrogen-bond acceptors (Lipinski definition) is 3. The Kier molecular flexibility index (Phi) is 4.18. The predicted octanol–water partition coefficient (Wildman–Crippen LogP) is 0.165. The summed E-state index contributed by atoms with van der Waals surface area (Å²) in [6.45, 7) is 2.73. The number of aliphatic hydroxyl groups is 1. The fourth-order valence-corrected chi connectivity index (χ4v) is 1.68. The Morgan fingerprint density at radius 3 is 2.77 bits per heavy atom. The van der Waals surface area contributed by atoms with Gasteiger partial charge in [0.2, 0.25) is 0 Å². The van der Waals surface area contributed by atoms with Gasteiger partial charge in [-0.3, -0.25) is 4.79 Å². The van der Waals surface area contributed by atoms with Crippen LogP contribution < -0.4 is 0 Å². The van der Waals surface area contributed by atoms with Gasteiger partial charge in [-0.2, -0.15) is 0 Å². The van der Waals surface area contributed by atoms with Crippen LogP contribution in [0.4, 0.5) is 0 Å². The Morgan fingerprint density at radius 1 is 1.46 bits per heavy atom. The van der Waals surface area contributed by atoms with Crippen molar-refractivity contribution >= 4 is 5.97 Å². The number of carbonyl (C=O) groups is 1. The maximum Gasteiger partial charge on any atom is 0.307 e. The molecule has 1 atom stereocenters. The second kappa shape index (κ2) is 5.19. The van der Waals surface area contributed by atoms with Crippen LogP contribution >= 0.6 is 0 Å². The van der Waals surface area contributed by atoms with Gasteiger partial charge in [-0.25, -0.2) is 0 Å². The number of unbranched alkanes of at least 4 members (excludes halogenated alkanes) is 1. The number of carboxylic acids is 1. The third-order valence-electron chi connectivity index (χ3n) is 2.50. The van der Waals surface area contributed by atoms with E-state index >= 15 is 0 Å². The van der Waals surface area contributed by atoms with Crippen molar-refractivity contribution in [1.29, 1.82) is 0 Å². The van der Waals surface area contributed by atoms with E-state index in [1.807, 2.05) is 0 Å². The molecule has 0 radical (unpaired) electrons. The zero-order valence-corrected chi connectivity index (χ0v) is 7.78. The maximum atomic E-state index is 10.6. The quantitative estimate of drug-likeness (QED) is 0.602. The first-order chi connectivity index (χ1) is 6.24. The molecule has 0 spiro atoms. The number of carboxylic acid groups (broad SMARTS) is 1. The van der Waals surface area contributed by atoms with Crippen molar-refractivity contribution in [1.82, 2.24) is 4.90 Å². The molecule has 2 N–H and O–H groups in total. The molecule has 0 aromatic rings. The third kappa shape index (κ3) is 3.32. The van der Waals surface area contributed by atoms with Crippen LogP contribution in [0, 0.1) is 5.92 Å². The van der Waals surface area contributed by atoms with Crippen LogP contribution in [0.5, 0.6) is 0 Å². The van der Waals surface area contributed by atoms with Crippen molar-refractivity contribution in [2.75, 3.05) is 26.2 Å². The average molecular weight is 187 g/mol. The van der Waals surface area contributed by atoms with Crippen LogP contribution in [-0.2, 0) is 4.79 Å². The minimum Gasteiger partial charge on any atom is -0.481 e. The second-order valence-corrected chi connectivity index (χ2v) is 3.56. The van der Waals surface area contributed by atoms with E-state index in [4.69, 9.17) is 10.2 Å². The second-order valence-electron chi connectivity index (χ2n) is 3.56. The largest absolute Gasteiger partial charge is 0.481 e. The molecule has 1 aliphatic rings. The molecule has 1 heterocycles. The van der Waals surface area contributed by atoms with E-state index in [1.54, 1.807) is 0 Å². The molecule has 1 saturated heterocycles. The Hall–Kier alpha value is -0.610. The Labute approximate surface area is 78.2 Å². The number of rotatable bonds is 5. The van der Waals surface area contributed by atoms with Crippen molar-refractivity contribution < 1.29 is 15.0 Å². The molecule has 1 unspecified atom stereocenters. The van der Waals surface area contributed by atoms with Gasteiger partial charge in [-0.1, -0.05) is 0 Å². The topological polar surface area (TPSA) is 60.8 Å². The Morgan fingerprint density at radius 2 is 2.23 bits per heavy atom. The highest BCUT2D eigenvalue weighted by Crippen LogP contribution is 2.16. The summed E-state index contributed by atoms with van der Waals surface area (Å²) < 4.78 is 0. The number of likely N-dealkylation sites (tertiary alicyclic amines) is 1. The smallest absolute Gasteiger partial charge is 0.307 e. The van der Waals surface area contributed by atoms with E-state index in [0.717, 1.165) is 32.4 Å². The maximum absolute atomic E-state index is 10.6. The number of aliphatic hydroxyl groups excluding tert-OH is 1. The molecule has 0 bridgehead atoms. The Bertz CT molecular complexity index is 172. The molecule has 1 fully saturated rings. The van der Waals surface area contributed by atoms with E-state index in [0.29, 0.717) is 6.54 Å². The van der Waals surface area contributed by atoms with Crippen LogP contribution in [0.1, 0.15) is 19.3 Å². The number of hydrogen-bond donors (Lipinski definition) is 2. The molecule has 4 nitrogen and oxygen atoms in total. The van der Waals surface area contributed by atoms with Gasteiger partial charge in [0, 0.05) is 13.2 Å². The summed E-state index contributed by atoms with van der Waals surface area (Å²) in [6, 6.07) is 0. The fraction of sp³-hybridized carbons (Fsp3) is 0.889. The first kappa shape index (κ1) is 10.5. The number of aliphatic carboxylic acids is 1. The van der Waals surface area contributed by atoms with Crippen LogP contribution in [0.25, 0.3) is 0 Å². The van der Waals surface area contributed by atoms with Crippen LogP contribution in [0.3, 0.4) is 0 Å². The molecule has 0 saturated carbocycles. The van der Waals surface area contributed by atoms with Gasteiger partial charge in [0.05, 0.1) is 5.92 Å². The molecule has 0 aromatic heterocycles. The Balaban J connectivity index is 2.14. The molecule has 76 valence electrons. The standard InChI is InChI=1S/C9H17NO3/c11-6-2-1-4-10-5-3-8(7-10)9(12)13/h8,11H,1-7H2,(H,12,13). The van der Waals surface area contributed by atoms with Gasteiger partial charge in [0.1, 0.15) is 0 Å². The highest BCUT2D eigenvalue weighted by molar-refractivity contribution is 5.70. The first-order valence-electron chi connectivity index (χ1n) is 4.80. The van der Waals surface area contributed by atoms with Gasteiger partial charge in [0.25, 0.3) is 0 Å². The van der Waals surface area contributed by atoms with Crippen molar-refractivity contribution in [2.45, 2.75) is 19.3 Å². The lowest BCUT2D eigenvalue weighted by molar-refractivity contribution is -0.141. The monoisotopic (exact) mass is 187 g/mol. The number of nitrogens with zero attached hydrogens (tertiary/aromatic N) is 1. The van der Waals surface area contributed by atoms with E-state index in [9.17, 15) is 4.79 Å². The van der Waals surface area contributed by atoms with Gasteiger partial charge >= 0.3 is 5.97 Å². The third-order valence-corrected chi connectivity index (χ3v) is 2.50. The van der Waals surface area contributed by atoms with Crippen molar-refractivity contribution in [3.63, 3.8) is 0 Å². The molecule has 1 aliphatic heterocycles. The van der Waals surface area contributed by atoms with Crippen molar-refractivity contribution in [3.05, 3.63) is 0 Å². The molecule has 0 amide bonds. The van der Waals surface area contributed by atoms with E-state index < -0.39 is 5.97 Å². The van der Waals surface area contributed by atoms with Gasteiger partial charge in [0.15, 0.2) is 0 Å². The van der Waals surface area contributed by atoms with Gasteiger partial charge < -0.3 is 15.1 Å². The lowest BCUT2D eigenvalue weighted by Gasteiger charge is -2.13. The van der Waals surface area contributed by atoms with Crippen molar-refractivity contribution in [3.8, 4) is 0 Å². The van der Waals surface area contributed by atoms with Crippen molar-refractivity contribution in [2.24, 2.45) is 5.92 Å². The minimum absolute atomic E-state index is 0.172. The zero-order chi connectivity index (χ0) is 9.68. The summed E-state index contributed by atoms with van der Waals surface area (Å²) in [5, 5.41) is 17.3. The highest BCUT2D eigenvalue weighted by atomic mass is 16.4. The average Bonchev–Trinajstić information content (AvgIpc) is 2.53. The first-order valence-corrected chi connectivity index (χ1v) is 4.80. The van der Waals surface area contributed by atoms with Crippen LogP contribution in [-0.4, -0.2) is 47.3 Å². The summed E-state index contributed by atoms with van der Waals surface area (Å²) in [6.07, 6.45) is 2.55. The summed E-state index contributed by atoms with van der Waals surface area (Å²) in [5.74, 6) is -0.848. The normalized spacial score (nSPS) is 23.6. The van der Waals surface area contributed by atoms with E-state index in [-0.39, 0.29) is 12.5 Å². The van der Waals surface area contributed by atoms with E-state index in [1.165, 1.54) is 0 Å². The summed E-state index contributed by atoms with van der Waals surface area (Å²) in [7, 11) is 0. The fourth-order valence-electron chi connectivity index (χ4n) is 1.68. The zero-order valence-electron chi connectivity index (χ0n) is 7.78. The SMILES string of the molecule is O=C(O)C1CCN(CCCCO)C1. The lowest BCUT2D eigenvalue weighted by atomic mass is 10.1. The lowest BCUT2D eigenvalue weighted by Crippen LogP contribution is -2.24. The minimum atomic E-state index is -0.676. The van der Waals surface area contributed by atoms with E-state index in [2.05, 4.69) is 4.90 Å². The summed E-state index contributed by atoms with van der Waals surface area (Å²) >= 11 is 0. The van der Waals surface area contributed by atoms with Crippen LogP contribution in [0.15, 0.2) is 0 Å². The summed E-state index contributed by atoms with van der Waals surface area (Å²) in [5.41, 5.74) is 0. The molecule has 0 aliphatic carbocycles. The predicted molar refractivity (Wildman–Crippen MR) is 48.5 cm³/mol. The van der Waals surface area contributed by atoms with Crippen LogP contribution in [0.2, 0.25) is 0 Å². The summed E-state index contributed by atoms with van der Waals surface area (Å²) in [4.78, 5) is 12.8. The van der Waals surface area contributed by atoms with Gasteiger partial charge in [-0.05, 0) is 32.4 Å². The molecule has 4 heteroatoms.